The Morgan fingerprint density at radius 3 is 2.64 bits per heavy atom. The molecule has 0 fully saturated rings. The van der Waals surface area contributed by atoms with Crippen LogP contribution in [0.4, 0.5) is 11.4 Å². The lowest BCUT2D eigenvalue weighted by Gasteiger charge is -2.25. The SMILES string of the molecule is Cc1ccc(C)c(N2N=C(C(=O)Nc3ccc4c(c3)OCCO4)CCC2=O)c1. The van der Waals surface area contributed by atoms with E-state index in [0.717, 1.165) is 11.1 Å². The van der Waals surface area contributed by atoms with Crippen LogP contribution < -0.4 is 19.8 Å². The summed E-state index contributed by atoms with van der Waals surface area (Å²) in [6.07, 6.45) is 0.539. The number of hydrogen-bond donors (Lipinski definition) is 1. The van der Waals surface area contributed by atoms with Crippen LogP contribution in [0.25, 0.3) is 0 Å². The fourth-order valence-corrected chi connectivity index (χ4v) is 3.18. The summed E-state index contributed by atoms with van der Waals surface area (Å²) in [5, 5.41) is 8.52. The second kappa shape index (κ2) is 7.34. The molecule has 0 saturated carbocycles. The molecular formula is C21H21N3O4. The number of nitrogens with one attached hydrogen (secondary N) is 1. The van der Waals surface area contributed by atoms with Crippen molar-refractivity contribution in [1.29, 1.82) is 0 Å². The average Bonchev–Trinajstić information content (AvgIpc) is 2.70. The summed E-state index contributed by atoms with van der Waals surface area (Å²) in [6, 6.07) is 11.1. The molecule has 0 aromatic heterocycles. The maximum atomic E-state index is 12.7. The molecule has 0 aliphatic carbocycles. The first-order valence-electron chi connectivity index (χ1n) is 9.20. The Bertz CT molecular complexity index is 984. The number of anilines is 2. The number of amides is 2. The third kappa shape index (κ3) is 3.55. The summed E-state index contributed by atoms with van der Waals surface area (Å²) in [7, 11) is 0. The monoisotopic (exact) mass is 379 g/mol. The van der Waals surface area contributed by atoms with Gasteiger partial charge >= 0.3 is 0 Å². The van der Waals surface area contributed by atoms with E-state index in [-0.39, 0.29) is 18.2 Å². The van der Waals surface area contributed by atoms with Crippen molar-refractivity contribution in [3.05, 3.63) is 47.5 Å². The number of aryl methyl sites for hydroxylation is 2. The molecule has 0 unspecified atom stereocenters. The molecule has 7 heteroatoms. The van der Waals surface area contributed by atoms with E-state index in [1.165, 1.54) is 5.01 Å². The van der Waals surface area contributed by atoms with Crippen molar-refractivity contribution in [3.63, 3.8) is 0 Å². The van der Waals surface area contributed by atoms with E-state index in [0.29, 0.717) is 48.2 Å². The highest BCUT2D eigenvalue weighted by Crippen LogP contribution is 2.32. The van der Waals surface area contributed by atoms with Gasteiger partial charge in [-0.2, -0.15) is 5.10 Å². The van der Waals surface area contributed by atoms with Gasteiger partial charge in [-0.3, -0.25) is 9.59 Å². The van der Waals surface area contributed by atoms with Gasteiger partial charge in [0.2, 0.25) is 5.91 Å². The molecule has 0 spiro atoms. The highest BCUT2D eigenvalue weighted by atomic mass is 16.6. The summed E-state index contributed by atoms with van der Waals surface area (Å²) in [5.41, 5.74) is 3.56. The molecular weight excluding hydrogens is 358 g/mol. The lowest BCUT2D eigenvalue weighted by Crippen LogP contribution is -2.36. The molecule has 7 nitrogen and oxygen atoms in total. The van der Waals surface area contributed by atoms with Crippen molar-refractivity contribution < 1.29 is 19.1 Å². The summed E-state index contributed by atoms with van der Waals surface area (Å²) in [4.78, 5) is 25.1. The molecule has 2 aromatic carbocycles. The van der Waals surface area contributed by atoms with Gasteiger partial charge in [-0.1, -0.05) is 12.1 Å². The number of nitrogens with zero attached hydrogens (tertiary/aromatic N) is 2. The topological polar surface area (TPSA) is 80.2 Å². The van der Waals surface area contributed by atoms with Gasteiger partial charge < -0.3 is 14.8 Å². The third-order valence-corrected chi connectivity index (χ3v) is 4.69. The minimum atomic E-state index is -0.334. The average molecular weight is 379 g/mol. The van der Waals surface area contributed by atoms with Gasteiger partial charge in [0.25, 0.3) is 5.91 Å². The molecule has 2 amide bonds. The number of carbonyl (C=O) groups is 2. The zero-order chi connectivity index (χ0) is 19.7. The molecule has 2 aliphatic heterocycles. The van der Waals surface area contributed by atoms with Crippen molar-refractivity contribution >= 4 is 28.9 Å². The highest BCUT2D eigenvalue weighted by molar-refractivity contribution is 6.44. The lowest BCUT2D eigenvalue weighted by atomic mass is 10.1. The van der Waals surface area contributed by atoms with Crippen LogP contribution in [0, 0.1) is 13.8 Å². The van der Waals surface area contributed by atoms with Crippen molar-refractivity contribution in [1.82, 2.24) is 0 Å². The Balaban J connectivity index is 1.57. The minimum absolute atomic E-state index is 0.121. The van der Waals surface area contributed by atoms with Gasteiger partial charge in [-0.05, 0) is 43.2 Å². The molecule has 144 valence electrons. The Morgan fingerprint density at radius 1 is 1.04 bits per heavy atom. The lowest BCUT2D eigenvalue weighted by molar-refractivity contribution is -0.118. The second-order valence-electron chi connectivity index (χ2n) is 6.85. The number of benzene rings is 2. The van der Waals surface area contributed by atoms with Gasteiger partial charge in [0.15, 0.2) is 11.5 Å². The summed E-state index contributed by atoms with van der Waals surface area (Å²) >= 11 is 0. The maximum absolute atomic E-state index is 12.7. The van der Waals surface area contributed by atoms with Crippen molar-refractivity contribution in [2.45, 2.75) is 26.7 Å². The van der Waals surface area contributed by atoms with E-state index in [1.54, 1.807) is 18.2 Å². The van der Waals surface area contributed by atoms with E-state index in [2.05, 4.69) is 10.4 Å². The van der Waals surface area contributed by atoms with E-state index >= 15 is 0 Å². The number of fused-ring (bicyclic) bond motifs is 1. The molecule has 28 heavy (non-hydrogen) atoms. The largest absolute Gasteiger partial charge is 0.486 e. The first-order chi connectivity index (χ1) is 13.5. The van der Waals surface area contributed by atoms with Crippen molar-refractivity contribution in [3.8, 4) is 11.5 Å². The molecule has 0 radical (unpaired) electrons. The van der Waals surface area contributed by atoms with Gasteiger partial charge in [0.1, 0.15) is 18.9 Å². The Labute approximate surface area is 162 Å². The molecule has 2 aromatic rings. The van der Waals surface area contributed by atoms with Gasteiger partial charge in [0.05, 0.1) is 5.69 Å². The standard InChI is InChI=1S/C21H21N3O4/c1-13-3-4-14(2)17(11-13)24-20(25)8-6-16(23-24)21(26)22-15-5-7-18-19(12-15)28-10-9-27-18/h3-5,7,11-12H,6,8-10H2,1-2H3,(H,22,26). The highest BCUT2D eigenvalue weighted by Gasteiger charge is 2.27. The number of ether oxygens (including phenoxy) is 2. The molecule has 2 heterocycles. The van der Waals surface area contributed by atoms with Crippen LogP contribution in [-0.2, 0) is 9.59 Å². The molecule has 0 saturated heterocycles. The Morgan fingerprint density at radius 2 is 1.82 bits per heavy atom. The second-order valence-corrected chi connectivity index (χ2v) is 6.85. The molecule has 0 bridgehead atoms. The molecule has 4 rings (SSSR count). The van der Waals surface area contributed by atoms with Crippen molar-refractivity contribution in [2.24, 2.45) is 5.10 Å². The summed E-state index contributed by atoms with van der Waals surface area (Å²) in [6.45, 7) is 4.86. The Kier molecular flexibility index (Phi) is 4.73. The van der Waals surface area contributed by atoms with Crippen LogP contribution in [0.15, 0.2) is 41.5 Å². The summed E-state index contributed by atoms with van der Waals surface area (Å²) in [5.74, 6) is 0.803. The van der Waals surface area contributed by atoms with Crippen LogP contribution >= 0.6 is 0 Å². The van der Waals surface area contributed by atoms with E-state index in [1.807, 2.05) is 32.0 Å². The quantitative estimate of drug-likeness (QED) is 0.888. The van der Waals surface area contributed by atoms with E-state index in [9.17, 15) is 9.59 Å². The number of hydrazone groups is 1. The first-order valence-corrected chi connectivity index (χ1v) is 9.20. The van der Waals surface area contributed by atoms with Gasteiger partial charge in [0, 0.05) is 24.6 Å². The first kappa shape index (κ1) is 18.0. The zero-order valence-electron chi connectivity index (χ0n) is 15.8. The fourth-order valence-electron chi connectivity index (χ4n) is 3.18. The third-order valence-electron chi connectivity index (χ3n) is 4.69. The number of carbonyl (C=O) groups excluding carboxylic acids is 2. The number of rotatable bonds is 3. The van der Waals surface area contributed by atoms with Crippen LogP contribution in [-0.4, -0.2) is 30.7 Å². The van der Waals surface area contributed by atoms with Gasteiger partial charge in [-0.25, -0.2) is 5.01 Å². The predicted octanol–water partition coefficient (Wildman–Crippen LogP) is 3.20. The molecule has 1 N–H and O–H groups in total. The van der Waals surface area contributed by atoms with E-state index in [4.69, 9.17) is 9.47 Å². The molecule has 2 aliphatic rings. The van der Waals surface area contributed by atoms with Crippen LogP contribution in [0.3, 0.4) is 0 Å². The maximum Gasteiger partial charge on any atom is 0.271 e. The minimum Gasteiger partial charge on any atom is -0.486 e. The zero-order valence-corrected chi connectivity index (χ0v) is 15.8. The number of hydrogen-bond acceptors (Lipinski definition) is 5. The summed E-state index contributed by atoms with van der Waals surface area (Å²) < 4.78 is 11.0. The molecule has 0 atom stereocenters. The van der Waals surface area contributed by atoms with Gasteiger partial charge in [-0.15, -0.1) is 0 Å². The Hall–Kier alpha value is -3.35. The van der Waals surface area contributed by atoms with Crippen LogP contribution in [0.2, 0.25) is 0 Å². The smallest absolute Gasteiger partial charge is 0.271 e. The fraction of sp³-hybridized carbons (Fsp3) is 0.286. The normalized spacial score (nSPS) is 15.9. The predicted molar refractivity (Wildman–Crippen MR) is 106 cm³/mol. The van der Waals surface area contributed by atoms with Crippen LogP contribution in [0.5, 0.6) is 11.5 Å². The van der Waals surface area contributed by atoms with Crippen LogP contribution in [0.1, 0.15) is 24.0 Å². The van der Waals surface area contributed by atoms with Crippen molar-refractivity contribution in [2.75, 3.05) is 23.5 Å². The van der Waals surface area contributed by atoms with E-state index < -0.39 is 0 Å².